The van der Waals surface area contributed by atoms with Crippen LogP contribution in [0.15, 0.2) is 42.5 Å². The number of halogens is 1. The van der Waals surface area contributed by atoms with E-state index < -0.39 is 35.2 Å². The molecule has 28 heavy (non-hydrogen) atoms. The topological polar surface area (TPSA) is 117 Å². The predicted octanol–water partition coefficient (Wildman–Crippen LogP) is 2.36. The summed E-state index contributed by atoms with van der Waals surface area (Å²) in [5.74, 6) is -0.397. The van der Waals surface area contributed by atoms with Crippen molar-refractivity contribution in [2.24, 2.45) is 0 Å². The molecule has 1 N–H and O–H groups in total. The van der Waals surface area contributed by atoms with E-state index in [0.29, 0.717) is 11.5 Å². The number of esters is 1. The first-order valence-electron chi connectivity index (χ1n) is 8.20. The molecule has 0 radical (unpaired) electrons. The molecule has 1 atom stereocenters. The minimum absolute atomic E-state index is 0.136. The van der Waals surface area contributed by atoms with Crippen LogP contribution in [0.25, 0.3) is 0 Å². The summed E-state index contributed by atoms with van der Waals surface area (Å²) in [6.45, 7) is -0.208. The van der Waals surface area contributed by atoms with Crippen molar-refractivity contribution in [2.45, 2.75) is 6.10 Å². The smallest absolute Gasteiger partial charge is 0.345 e. The molecule has 146 valence electrons. The van der Waals surface area contributed by atoms with Gasteiger partial charge in [-0.1, -0.05) is 23.7 Å². The number of nitrogens with one attached hydrogen (secondary N) is 1. The molecule has 0 fully saturated rings. The van der Waals surface area contributed by atoms with Gasteiger partial charge >= 0.3 is 5.97 Å². The summed E-state index contributed by atoms with van der Waals surface area (Å²) in [7, 11) is 0. The minimum atomic E-state index is -1.02. The fourth-order valence-corrected chi connectivity index (χ4v) is 2.65. The number of hydrogen-bond donors (Lipinski definition) is 1. The number of nitro groups is 1. The Labute approximate surface area is 164 Å². The molecule has 10 heteroatoms. The number of hydrogen-bond acceptors (Lipinski definition) is 7. The lowest BCUT2D eigenvalue weighted by Gasteiger charge is -2.26. The third-order valence-corrected chi connectivity index (χ3v) is 4.04. The molecular weight excluding hydrogens is 392 g/mol. The first kappa shape index (κ1) is 19.4. The van der Waals surface area contributed by atoms with Gasteiger partial charge in [-0.05, 0) is 24.3 Å². The average molecular weight is 407 g/mol. The summed E-state index contributed by atoms with van der Waals surface area (Å²) in [4.78, 5) is 34.2. The molecule has 0 saturated heterocycles. The van der Waals surface area contributed by atoms with E-state index in [9.17, 15) is 19.7 Å². The Bertz CT molecular complexity index is 919. The summed E-state index contributed by atoms with van der Waals surface area (Å²) in [6.07, 6.45) is -0.399. The fourth-order valence-electron chi connectivity index (χ4n) is 2.48. The van der Waals surface area contributed by atoms with Crippen LogP contribution in [0.2, 0.25) is 5.02 Å². The molecule has 1 aliphatic heterocycles. The molecular formula is C18H15ClN2O7. The Morgan fingerprint density at radius 1 is 1.25 bits per heavy atom. The van der Waals surface area contributed by atoms with Gasteiger partial charge in [0.15, 0.2) is 18.1 Å². The minimum Gasteiger partial charge on any atom is -0.486 e. The summed E-state index contributed by atoms with van der Waals surface area (Å²) in [5, 5.41) is 13.7. The Morgan fingerprint density at radius 3 is 2.75 bits per heavy atom. The lowest BCUT2D eigenvalue weighted by molar-refractivity contribution is -0.385. The van der Waals surface area contributed by atoms with Gasteiger partial charge in [0, 0.05) is 11.1 Å². The molecule has 9 nitrogen and oxygen atoms in total. The maximum atomic E-state index is 12.1. The fraction of sp³-hybridized carbons (Fsp3) is 0.222. The molecule has 2 aromatic carbocycles. The molecule has 0 aromatic heterocycles. The second-order valence-corrected chi connectivity index (χ2v) is 6.23. The molecule has 2 aromatic rings. The van der Waals surface area contributed by atoms with Crippen LogP contribution in [0.4, 0.5) is 5.69 Å². The maximum Gasteiger partial charge on any atom is 0.345 e. The zero-order valence-electron chi connectivity index (χ0n) is 14.4. The lowest BCUT2D eigenvalue weighted by atomic mass is 10.2. The number of carbonyl (C=O) groups is 2. The lowest BCUT2D eigenvalue weighted by Crippen LogP contribution is -2.42. The molecule has 0 bridgehead atoms. The first-order chi connectivity index (χ1) is 13.4. The molecule has 1 amide bonds. The summed E-state index contributed by atoms with van der Waals surface area (Å²) in [6, 6.07) is 10.7. The van der Waals surface area contributed by atoms with Crippen LogP contribution in [-0.4, -0.2) is 42.7 Å². The van der Waals surface area contributed by atoms with E-state index >= 15 is 0 Å². The van der Waals surface area contributed by atoms with Crippen LogP contribution in [0.1, 0.15) is 10.4 Å². The van der Waals surface area contributed by atoms with Crippen molar-refractivity contribution in [1.29, 1.82) is 0 Å². The van der Waals surface area contributed by atoms with Crippen molar-refractivity contribution in [3.8, 4) is 11.5 Å². The first-order valence-corrected chi connectivity index (χ1v) is 8.58. The normalized spacial score (nSPS) is 14.8. The van der Waals surface area contributed by atoms with Crippen LogP contribution in [0.3, 0.4) is 0 Å². The van der Waals surface area contributed by atoms with E-state index in [-0.39, 0.29) is 23.7 Å². The quantitative estimate of drug-likeness (QED) is 0.444. The number of amides is 1. The number of ether oxygens (including phenoxy) is 3. The molecule has 1 aliphatic rings. The van der Waals surface area contributed by atoms with Crippen molar-refractivity contribution in [3.05, 3.63) is 63.2 Å². The number of nitro benzene ring substituents is 1. The summed E-state index contributed by atoms with van der Waals surface area (Å²) >= 11 is 5.76. The van der Waals surface area contributed by atoms with Gasteiger partial charge < -0.3 is 19.5 Å². The van der Waals surface area contributed by atoms with Gasteiger partial charge in [0.2, 0.25) is 0 Å². The van der Waals surface area contributed by atoms with Gasteiger partial charge in [-0.3, -0.25) is 14.9 Å². The van der Waals surface area contributed by atoms with Crippen LogP contribution >= 0.6 is 11.6 Å². The number of benzene rings is 2. The van der Waals surface area contributed by atoms with Gasteiger partial charge in [-0.25, -0.2) is 4.79 Å². The van der Waals surface area contributed by atoms with Crippen molar-refractivity contribution in [2.75, 3.05) is 19.8 Å². The van der Waals surface area contributed by atoms with Gasteiger partial charge in [0.1, 0.15) is 18.3 Å². The highest BCUT2D eigenvalue weighted by atomic mass is 35.5. The average Bonchev–Trinajstić information content (AvgIpc) is 2.70. The molecule has 0 saturated carbocycles. The number of nitrogens with zero attached hydrogens (tertiary/aromatic N) is 1. The van der Waals surface area contributed by atoms with Crippen molar-refractivity contribution in [3.63, 3.8) is 0 Å². The zero-order valence-corrected chi connectivity index (χ0v) is 15.2. The molecule has 1 heterocycles. The van der Waals surface area contributed by atoms with Gasteiger partial charge in [0.05, 0.1) is 11.5 Å². The van der Waals surface area contributed by atoms with Crippen LogP contribution in [0.5, 0.6) is 11.5 Å². The third-order valence-electron chi connectivity index (χ3n) is 3.80. The summed E-state index contributed by atoms with van der Waals surface area (Å²) in [5.41, 5.74) is -0.785. The Balaban J connectivity index is 1.49. The summed E-state index contributed by atoms with van der Waals surface area (Å²) < 4.78 is 16.1. The molecule has 3 rings (SSSR count). The van der Waals surface area contributed by atoms with E-state index in [2.05, 4.69) is 5.32 Å². The van der Waals surface area contributed by atoms with Crippen molar-refractivity contribution in [1.82, 2.24) is 5.32 Å². The van der Waals surface area contributed by atoms with Crippen molar-refractivity contribution < 1.29 is 28.7 Å². The van der Waals surface area contributed by atoms with Gasteiger partial charge in [0.25, 0.3) is 11.6 Å². The molecule has 0 unspecified atom stereocenters. The van der Waals surface area contributed by atoms with Gasteiger partial charge in [-0.2, -0.15) is 0 Å². The highest BCUT2D eigenvalue weighted by Gasteiger charge is 2.24. The van der Waals surface area contributed by atoms with E-state index in [4.69, 9.17) is 25.8 Å². The highest BCUT2D eigenvalue weighted by molar-refractivity contribution is 6.31. The Hall–Kier alpha value is -3.33. The van der Waals surface area contributed by atoms with E-state index in [1.165, 1.54) is 6.07 Å². The van der Waals surface area contributed by atoms with E-state index in [1.807, 2.05) is 6.07 Å². The number of fused-ring (bicyclic) bond motifs is 1. The maximum absolute atomic E-state index is 12.1. The Kier molecular flexibility index (Phi) is 5.95. The third kappa shape index (κ3) is 4.68. The van der Waals surface area contributed by atoms with Crippen LogP contribution < -0.4 is 14.8 Å². The number of rotatable bonds is 6. The zero-order chi connectivity index (χ0) is 20.1. The number of para-hydroxylation sites is 2. The Morgan fingerprint density at radius 2 is 2.00 bits per heavy atom. The second-order valence-electron chi connectivity index (χ2n) is 5.80. The van der Waals surface area contributed by atoms with Crippen molar-refractivity contribution >= 4 is 29.2 Å². The highest BCUT2D eigenvalue weighted by Crippen LogP contribution is 2.30. The van der Waals surface area contributed by atoms with Crippen LogP contribution in [-0.2, 0) is 9.53 Å². The second kappa shape index (κ2) is 8.57. The molecule has 0 spiro atoms. The SMILES string of the molecule is O=C(COC(=O)c1cc(Cl)ccc1[N+](=O)[O-])NC[C@@H]1COc2ccccc2O1. The van der Waals surface area contributed by atoms with Gasteiger partial charge in [-0.15, -0.1) is 0 Å². The monoisotopic (exact) mass is 406 g/mol. The molecule has 0 aliphatic carbocycles. The van der Waals surface area contributed by atoms with Crippen LogP contribution in [0, 0.1) is 10.1 Å². The van der Waals surface area contributed by atoms with E-state index in [1.54, 1.807) is 18.2 Å². The number of carbonyl (C=O) groups excluding carboxylic acids is 2. The standard InChI is InChI=1S/C18H15ClN2O7/c19-11-5-6-14(21(24)25)13(7-11)18(23)27-10-17(22)20-8-12-9-26-15-3-1-2-4-16(15)28-12/h1-7,12H,8-10H2,(H,20,22)/t12-/m1/s1. The van der Waals surface area contributed by atoms with E-state index in [0.717, 1.165) is 12.1 Å². The predicted molar refractivity (Wildman–Crippen MR) is 97.8 cm³/mol. The largest absolute Gasteiger partial charge is 0.486 e.